The second-order valence-corrected chi connectivity index (χ2v) is 7.15. The van der Waals surface area contributed by atoms with Crippen LogP contribution in [0.2, 0.25) is 0 Å². The van der Waals surface area contributed by atoms with E-state index in [2.05, 4.69) is 5.32 Å². The van der Waals surface area contributed by atoms with Crippen LogP contribution >= 0.6 is 0 Å². The number of rotatable bonds is 5. The zero-order valence-electron chi connectivity index (χ0n) is 15.6. The van der Waals surface area contributed by atoms with Gasteiger partial charge in [0.15, 0.2) is 0 Å². The van der Waals surface area contributed by atoms with Crippen molar-refractivity contribution in [2.45, 2.75) is 38.6 Å². The first-order valence-electron chi connectivity index (χ1n) is 9.13. The van der Waals surface area contributed by atoms with Crippen molar-refractivity contribution in [3.63, 3.8) is 0 Å². The van der Waals surface area contributed by atoms with Crippen LogP contribution < -0.4 is 5.32 Å². The van der Waals surface area contributed by atoms with Crippen LogP contribution in [0.5, 0.6) is 0 Å². The van der Waals surface area contributed by atoms with Crippen LogP contribution in [-0.4, -0.2) is 51.1 Å². The summed E-state index contributed by atoms with van der Waals surface area (Å²) in [6.07, 6.45) is 3.21. The lowest BCUT2D eigenvalue weighted by Crippen LogP contribution is -2.46. The minimum absolute atomic E-state index is 0.0391. The van der Waals surface area contributed by atoms with E-state index in [4.69, 9.17) is 0 Å². The number of carbonyl (C=O) groups is 4. The number of nitro groups is 1. The van der Waals surface area contributed by atoms with Gasteiger partial charge in [-0.3, -0.25) is 29.4 Å². The summed E-state index contributed by atoms with van der Waals surface area (Å²) in [6.45, 7) is 1.10. The number of anilines is 1. The van der Waals surface area contributed by atoms with Gasteiger partial charge in [0.2, 0.25) is 5.91 Å². The molecule has 10 nitrogen and oxygen atoms in total. The summed E-state index contributed by atoms with van der Waals surface area (Å²) in [7, 11) is 0. The number of halogens is 1. The van der Waals surface area contributed by atoms with Crippen LogP contribution in [0, 0.1) is 21.8 Å². The maximum absolute atomic E-state index is 13.8. The number of nitrogens with one attached hydrogen (secondary N) is 1. The molecular formula is C18H19FN4O6. The molecule has 2 aliphatic rings. The molecule has 5 amide bonds. The van der Waals surface area contributed by atoms with E-state index in [1.807, 2.05) is 6.92 Å². The van der Waals surface area contributed by atoms with Gasteiger partial charge in [-0.15, -0.1) is 0 Å². The molecule has 1 heterocycles. The lowest BCUT2D eigenvalue weighted by atomic mass is 9.85. The predicted molar refractivity (Wildman–Crippen MR) is 97.1 cm³/mol. The zero-order valence-corrected chi connectivity index (χ0v) is 15.6. The molecule has 0 unspecified atom stereocenters. The molecule has 0 bridgehead atoms. The van der Waals surface area contributed by atoms with Gasteiger partial charge in [0, 0.05) is 18.2 Å². The Morgan fingerprint density at radius 2 is 1.93 bits per heavy atom. The number of benzene rings is 1. The Hall–Kier alpha value is -3.37. The molecule has 11 heteroatoms. The first-order valence-corrected chi connectivity index (χ1v) is 9.13. The normalized spacial score (nSPS) is 22.2. The van der Waals surface area contributed by atoms with Crippen molar-refractivity contribution in [2.75, 3.05) is 11.9 Å². The molecule has 1 saturated carbocycles. The number of hydrogen-bond donors (Lipinski definition) is 1. The van der Waals surface area contributed by atoms with Crippen molar-refractivity contribution in [3.8, 4) is 0 Å². The molecule has 3 rings (SSSR count). The summed E-state index contributed by atoms with van der Waals surface area (Å²) in [5.74, 6) is -3.95. The second kappa shape index (κ2) is 7.94. The standard InChI is InChI=1S/C18H19FN4O6/c1-10-4-2-3-5-14(10)22-17(26)16(25)21(18(22)27)9-15(24)20-13-8-11(23(28)29)6-7-12(13)19/h6-8,10,14H,2-5,9H2,1H3,(H,20,24)/t10-,14+/m0/s1. The lowest BCUT2D eigenvalue weighted by molar-refractivity contribution is -0.384. The molecule has 0 aromatic heterocycles. The number of hydrogen-bond acceptors (Lipinski definition) is 6. The largest absolute Gasteiger partial charge is 0.334 e. The van der Waals surface area contributed by atoms with Crippen LogP contribution in [0.25, 0.3) is 0 Å². The molecular weight excluding hydrogens is 387 g/mol. The average molecular weight is 406 g/mol. The summed E-state index contributed by atoms with van der Waals surface area (Å²) < 4.78 is 13.8. The van der Waals surface area contributed by atoms with Crippen molar-refractivity contribution in [1.29, 1.82) is 0 Å². The van der Waals surface area contributed by atoms with Gasteiger partial charge in [0.05, 0.1) is 10.6 Å². The molecule has 154 valence electrons. The van der Waals surface area contributed by atoms with Crippen molar-refractivity contribution in [3.05, 3.63) is 34.1 Å². The molecule has 1 N–H and O–H groups in total. The SMILES string of the molecule is C[C@H]1CCCC[C@H]1N1C(=O)C(=O)N(CC(=O)Nc2cc([N+](=O)[O-])ccc2F)C1=O. The number of nitro benzene ring substituents is 1. The third kappa shape index (κ3) is 3.93. The summed E-state index contributed by atoms with van der Waals surface area (Å²) >= 11 is 0. The minimum Gasteiger partial charge on any atom is -0.322 e. The van der Waals surface area contributed by atoms with Crippen molar-refractivity contribution < 1.29 is 28.5 Å². The molecule has 2 fully saturated rings. The fourth-order valence-corrected chi connectivity index (χ4v) is 3.69. The summed E-state index contributed by atoms with van der Waals surface area (Å²) in [5, 5.41) is 12.9. The summed E-state index contributed by atoms with van der Waals surface area (Å²) in [6, 6.07) is 1.28. The maximum atomic E-state index is 13.8. The molecule has 1 aromatic carbocycles. The monoisotopic (exact) mass is 406 g/mol. The van der Waals surface area contributed by atoms with E-state index in [1.54, 1.807) is 0 Å². The quantitative estimate of drug-likeness (QED) is 0.345. The van der Waals surface area contributed by atoms with Gasteiger partial charge in [-0.2, -0.15) is 0 Å². The van der Waals surface area contributed by atoms with Gasteiger partial charge in [0.25, 0.3) is 5.69 Å². The van der Waals surface area contributed by atoms with Gasteiger partial charge >= 0.3 is 17.8 Å². The van der Waals surface area contributed by atoms with E-state index < -0.39 is 58.5 Å². The highest BCUT2D eigenvalue weighted by Gasteiger charge is 2.49. The number of urea groups is 1. The molecule has 0 radical (unpaired) electrons. The smallest absolute Gasteiger partial charge is 0.322 e. The Kier molecular flexibility index (Phi) is 5.57. The van der Waals surface area contributed by atoms with E-state index >= 15 is 0 Å². The Labute approximate surface area is 164 Å². The first kappa shape index (κ1) is 20.4. The Bertz CT molecular complexity index is 904. The lowest BCUT2D eigenvalue weighted by Gasteiger charge is -2.34. The minimum atomic E-state index is -1.12. The molecule has 1 aromatic rings. The van der Waals surface area contributed by atoms with Gasteiger partial charge < -0.3 is 5.32 Å². The van der Waals surface area contributed by atoms with E-state index in [0.29, 0.717) is 11.3 Å². The highest BCUT2D eigenvalue weighted by Crippen LogP contribution is 2.31. The second-order valence-electron chi connectivity index (χ2n) is 7.15. The zero-order chi connectivity index (χ0) is 21.3. The Morgan fingerprint density at radius 3 is 2.59 bits per heavy atom. The van der Waals surface area contributed by atoms with Crippen LogP contribution in [0.3, 0.4) is 0 Å². The maximum Gasteiger partial charge on any atom is 0.334 e. The van der Waals surface area contributed by atoms with Crippen molar-refractivity contribution in [1.82, 2.24) is 9.80 Å². The average Bonchev–Trinajstić information content (AvgIpc) is 2.87. The van der Waals surface area contributed by atoms with E-state index in [1.165, 1.54) is 0 Å². The van der Waals surface area contributed by atoms with Gasteiger partial charge in [-0.05, 0) is 24.8 Å². The number of imide groups is 2. The fraction of sp³-hybridized carbons (Fsp3) is 0.444. The van der Waals surface area contributed by atoms with Crippen LogP contribution in [0.1, 0.15) is 32.6 Å². The van der Waals surface area contributed by atoms with E-state index in [-0.39, 0.29) is 5.92 Å². The summed E-state index contributed by atoms with van der Waals surface area (Å²) in [5.41, 5.74) is -0.907. The molecule has 1 aliphatic heterocycles. The van der Waals surface area contributed by atoms with Crippen molar-refractivity contribution >= 4 is 35.1 Å². The molecule has 2 atom stereocenters. The fourth-order valence-electron chi connectivity index (χ4n) is 3.69. The van der Waals surface area contributed by atoms with Gasteiger partial charge in [-0.1, -0.05) is 19.8 Å². The van der Waals surface area contributed by atoms with Crippen LogP contribution in [0.15, 0.2) is 18.2 Å². The number of amides is 5. The van der Waals surface area contributed by atoms with Crippen LogP contribution in [-0.2, 0) is 14.4 Å². The number of carbonyl (C=O) groups excluding carboxylic acids is 4. The van der Waals surface area contributed by atoms with Crippen LogP contribution in [0.4, 0.5) is 20.6 Å². The van der Waals surface area contributed by atoms with E-state index in [0.717, 1.165) is 42.4 Å². The third-order valence-corrected chi connectivity index (χ3v) is 5.22. The predicted octanol–water partition coefficient (Wildman–Crippen LogP) is 2.04. The Morgan fingerprint density at radius 1 is 1.24 bits per heavy atom. The molecule has 0 spiro atoms. The first-order chi connectivity index (χ1) is 13.7. The summed E-state index contributed by atoms with van der Waals surface area (Å²) in [4.78, 5) is 60.9. The number of nitrogens with zero attached hydrogens (tertiary/aromatic N) is 3. The third-order valence-electron chi connectivity index (χ3n) is 5.22. The molecule has 1 aliphatic carbocycles. The highest BCUT2D eigenvalue weighted by molar-refractivity contribution is 6.45. The van der Waals surface area contributed by atoms with E-state index in [9.17, 15) is 33.7 Å². The Balaban J connectivity index is 1.73. The number of non-ortho nitro benzene ring substituents is 1. The topological polar surface area (TPSA) is 130 Å². The van der Waals surface area contributed by atoms with Gasteiger partial charge in [-0.25, -0.2) is 14.1 Å². The molecule has 29 heavy (non-hydrogen) atoms. The highest BCUT2D eigenvalue weighted by atomic mass is 19.1. The van der Waals surface area contributed by atoms with Gasteiger partial charge in [0.1, 0.15) is 12.4 Å². The van der Waals surface area contributed by atoms with Crippen molar-refractivity contribution in [2.24, 2.45) is 5.92 Å². The molecule has 1 saturated heterocycles.